The maximum atomic E-state index is 11.7. The minimum atomic E-state index is -1.80. The van der Waals surface area contributed by atoms with Crippen molar-refractivity contribution in [2.45, 2.75) is 142 Å². The summed E-state index contributed by atoms with van der Waals surface area (Å²) in [6.45, 7) is 4.40. The van der Waals surface area contributed by atoms with Gasteiger partial charge in [0.2, 0.25) is 0 Å². The maximum absolute atomic E-state index is 11.7. The Kier molecular flexibility index (Phi) is 23.3. The summed E-state index contributed by atoms with van der Waals surface area (Å²) < 4.78 is 0. The first kappa shape index (κ1) is 31.9. The van der Waals surface area contributed by atoms with Crippen molar-refractivity contribution < 1.29 is 19.8 Å². The van der Waals surface area contributed by atoms with E-state index in [1.165, 1.54) is 64.2 Å². The number of hydrogen-bond acceptors (Lipinski definition) is 4. The minimum absolute atomic E-state index is 0. The van der Waals surface area contributed by atoms with Crippen LogP contribution in [0.3, 0.4) is 0 Å². The Morgan fingerprint density at radius 1 is 0.500 bits per heavy atom. The Hall–Kier alpha value is -0.294. The van der Waals surface area contributed by atoms with Crippen LogP contribution in [0.15, 0.2) is 0 Å². The Labute approximate surface area is 202 Å². The summed E-state index contributed by atoms with van der Waals surface area (Å²) in [5.41, 5.74) is -1.80. The summed E-state index contributed by atoms with van der Waals surface area (Å²) >= 11 is 0. The van der Waals surface area contributed by atoms with Gasteiger partial charge in [-0.1, -0.05) is 129 Å². The van der Waals surface area contributed by atoms with Gasteiger partial charge in [0.25, 0.3) is 0 Å². The molecule has 0 bridgehead atoms. The largest absolute Gasteiger partial charge is 2.00 e. The van der Waals surface area contributed by atoms with E-state index in [-0.39, 0.29) is 35.9 Å². The van der Waals surface area contributed by atoms with Gasteiger partial charge < -0.3 is 19.8 Å². The van der Waals surface area contributed by atoms with Crippen molar-refractivity contribution in [2.75, 3.05) is 0 Å². The number of carboxylic acids is 2. The van der Waals surface area contributed by atoms with Gasteiger partial charge in [0.05, 0.1) is 11.9 Å². The summed E-state index contributed by atoms with van der Waals surface area (Å²) in [7, 11) is 0. The van der Waals surface area contributed by atoms with E-state index in [1.54, 1.807) is 0 Å². The van der Waals surface area contributed by atoms with E-state index in [2.05, 4.69) is 13.8 Å². The van der Waals surface area contributed by atoms with Crippen LogP contribution in [-0.4, -0.2) is 35.0 Å². The molecule has 0 aromatic carbocycles. The van der Waals surface area contributed by atoms with Crippen molar-refractivity contribution in [1.82, 2.24) is 0 Å². The molecule has 4 nitrogen and oxygen atoms in total. The van der Waals surface area contributed by atoms with Gasteiger partial charge in [-0.05, 0) is 12.8 Å². The van der Waals surface area contributed by atoms with E-state index in [4.69, 9.17) is 0 Å². The fourth-order valence-corrected chi connectivity index (χ4v) is 4.09. The van der Waals surface area contributed by atoms with E-state index in [1.807, 2.05) is 0 Å². The zero-order chi connectivity index (χ0) is 21.8. The molecule has 0 saturated heterocycles. The average molecular weight is 435 g/mol. The number of carbonyl (C=O) groups excluding carboxylic acids is 2. The topological polar surface area (TPSA) is 80.3 Å². The van der Waals surface area contributed by atoms with Gasteiger partial charge in [-0.2, -0.15) is 0 Å². The third-order valence-corrected chi connectivity index (χ3v) is 6.20. The third-order valence-electron chi connectivity index (χ3n) is 6.20. The second kappa shape index (κ2) is 21.9. The van der Waals surface area contributed by atoms with E-state index in [0.717, 1.165) is 38.5 Å². The number of hydrogen-bond donors (Lipinski definition) is 0. The zero-order valence-corrected chi connectivity index (χ0v) is 21.4. The van der Waals surface area contributed by atoms with Crippen molar-refractivity contribution in [2.24, 2.45) is 5.41 Å². The fraction of sp³-hybridized carbons (Fsp3) is 0.920. The van der Waals surface area contributed by atoms with Gasteiger partial charge in [0.1, 0.15) is 0 Å². The van der Waals surface area contributed by atoms with Crippen molar-refractivity contribution in [1.29, 1.82) is 0 Å². The van der Waals surface area contributed by atoms with Gasteiger partial charge in [0.15, 0.2) is 0 Å². The van der Waals surface area contributed by atoms with Gasteiger partial charge in [-0.3, -0.25) is 0 Å². The molecule has 0 aliphatic heterocycles. The molecule has 0 heterocycles. The molecule has 0 aliphatic rings. The van der Waals surface area contributed by atoms with Crippen molar-refractivity contribution in [3.05, 3.63) is 0 Å². The van der Waals surface area contributed by atoms with Crippen molar-refractivity contribution in [3.63, 3.8) is 0 Å². The predicted octanol–water partition coefficient (Wildman–Crippen LogP) is 4.93. The molecule has 0 aromatic rings. The Bertz CT molecular complexity index is 398. The normalized spacial score (nSPS) is 11.3. The predicted molar refractivity (Wildman–Crippen MR) is 122 cm³/mol. The first-order valence-corrected chi connectivity index (χ1v) is 12.4. The van der Waals surface area contributed by atoms with Crippen LogP contribution >= 0.6 is 0 Å². The molecule has 0 amide bonds. The zero-order valence-electron chi connectivity index (χ0n) is 20.0. The molecule has 0 N–H and O–H groups in total. The van der Waals surface area contributed by atoms with E-state index in [9.17, 15) is 19.8 Å². The first-order valence-electron chi connectivity index (χ1n) is 12.4. The molecule has 172 valence electrons. The molecule has 0 aliphatic carbocycles. The maximum Gasteiger partial charge on any atom is 2.00 e. The van der Waals surface area contributed by atoms with E-state index >= 15 is 0 Å². The fourth-order valence-electron chi connectivity index (χ4n) is 4.09. The van der Waals surface area contributed by atoms with Gasteiger partial charge in [-0.15, -0.1) is 0 Å². The molecule has 0 radical (unpaired) electrons. The molecule has 0 saturated carbocycles. The molecule has 0 aromatic heterocycles. The Balaban J connectivity index is 0. The molecule has 0 unspecified atom stereocenters. The number of unbranched alkanes of at least 4 members (excludes halogenated alkanes) is 16. The minimum Gasteiger partial charge on any atom is -0.549 e. The molecule has 5 heteroatoms. The molecular weight excluding hydrogens is 389 g/mol. The third kappa shape index (κ3) is 15.5. The van der Waals surface area contributed by atoms with Crippen LogP contribution in [0, 0.1) is 5.41 Å². The Morgan fingerprint density at radius 2 is 0.733 bits per heavy atom. The van der Waals surface area contributed by atoms with Crippen LogP contribution in [0.5, 0.6) is 0 Å². The SMILES string of the molecule is CCCCCCCCCCCCC(CCCCCCCCCC)(C(=O)[O-])C(=O)[O-].[Mg+2]. The monoisotopic (exact) mass is 434 g/mol. The molecule has 0 atom stereocenters. The summed E-state index contributed by atoms with van der Waals surface area (Å²) in [6.07, 6.45) is 20.3. The standard InChI is InChI=1S/C25H48O4.Mg/c1-3-5-7-9-11-13-14-16-18-20-22-25(23(26)27,24(28)29)21-19-17-15-12-10-8-6-4-2;/h3-22H2,1-2H3,(H,26,27)(H,28,29);/q;+2/p-2. The summed E-state index contributed by atoms with van der Waals surface area (Å²) in [4.78, 5) is 23.3. The molecular formula is C25H46MgO4. The van der Waals surface area contributed by atoms with Crippen LogP contribution in [0.2, 0.25) is 0 Å². The number of rotatable bonds is 22. The quantitative estimate of drug-likeness (QED) is 0.137. The van der Waals surface area contributed by atoms with Crippen molar-refractivity contribution >= 4 is 35.0 Å². The number of carboxylic acid groups (broad SMARTS) is 2. The second-order valence-electron chi connectivity index (χ2n) is 8.81. The molecule has 0 fully saturated rings. The summed E-state index contributed by atoms with van der Waals surface area (Å²) in [5.74, 6) is -2.92. The summed E-state index contributed by atoms with van der Waals surface area (Å²) in [5, 5.41) is 23.3. The van der Waals surface area contributed by atoms with Gasteiger partial charge in [-0.25, -0.2) is 0 Å². The van der Waals surface area contributed by atoms with Crippen LogP contribution in [0.4, 0.5) is 0 Å². The van der Waals surface area contributed by atoms with Crippen LogP contribution in [-0.2, 0) is 9.59 Å². The van der Waals surface area contributed by atoms with Crippen molar-refractivity contribution in [3.8, 4) is 0 Å². The van der Waals surface area contributed by atoms with Crippen LogP contribution in [0.1, 0.15) is 142 Å². The van der Waals surface area contributed by atoms with Crippen LogP contribution in [0.25, 0.3) is 0 Å². The number of aliphatic carboxylic acids is 2. The smallest absolute Gasteiger partial charge is 0.549 e. The average Bonchev–Trinajstić information content (AvgIpc) is 2.69. The Morgan fingerprint density at radius 3 is 0.967 bits per heavy atom. The molecule has 30 heavy (non-hydrogen) atoms. The molecule has 0 spiro atoms. The van der Waals surface area contributed by atoms with E-state index < -0.39 is 17.4 Å². The van der Waals surface area contributed by atoms with Gasteiger partial charge in [0, 0.05) is 5.41 Å². The van der Waals surface area contributed by atoms with Crippen LogP contribution < -0.4 is 10.2 Å². The first-order chi connectivity index (χ1) is 14.0. The van der Waals surface area contributed by atoms with Gasteiger partial charge >= 0.3 is 23.1 Å². The summed E-state index contributed by atoms with van der Waals surface area (Å²) in [6, 6.07) is 0. The number of carbonyl (C=O) groups is 2. The second-order valence-corrected chi connectivity index (χ2v) is 8.81. The molecule has 0 rings (SSSR count). The van der Waals surface area contributed by atoms with E-state index in [0.29, 0.717) is 12.8 Å².